The van der Waals surface area contributed by atoms with Crippen LogP contribution in [0.25, 0.3) is 11.4 Å². The molecule has 7 nitrogen and oxygen atoms in total. The third kappa shape index (κ3) is 5.69. The van der Waals surface area contributed by atoms with Crippen molar-refractivity contribution in [3.05, 3.63) is 81.8 Å². The predicted molar refractivity (Wildman–Crippen MR) is 126 cm³/mol. The number of rotatable bonds is 7. The lowest BCUT2D eigenvalue weighted by atomic mass is 10.0. The summed E-state index contributed by atoms with van der Waals surface area (Å²) >= 11 is 0. The molecule has 0 bridgehead atoms. The maximum absolute atomic E-state index is 13.0. The summed E-state index contributed by atoms with van der Waals surface area (Å²) < 4.78 is 0. The minimum absolute atomic E-state index is 0.119. The van der Waals surface area contributed by atoms with E-state index in [4.69, 9.17) is 0 Å². The number of aryl methyl sites for hydroxylation is 2. The fourth-order valence-corrected chi connectivity index (χ4v) is 3.34. The molecule has 166 valence electrons. The molecule has 3 N–H and O–H groups in total. The van der Waals surface area contributed by atoms with Gasteiger partial charge in [0.2, 0.25) is 5.91 Å². The Labute approximate surface area is 187 Å². The first-order valence-electron chi connectivity index (χ1n) is 10.7. The van der Waals surface area contributed by atoms with Crippen LogP contribution in [0.3, 0.4) is 0 Å². The largest absolute Gasteiger partial charge is 0.340 e. The molecule has 1 atom stereocenters. The van der Waals surface area contributed by atoms with Crippen molar-refractivity contribution in [1.29, 1.82) is 0 Å². The summed E-state index contributed by atoms with van der Waals surface area (Å²) in [7, 11) is 0. The third-order valence-electron chi connectivity index (χ3n) is 5.08. The van der Waals surface area contributed by atoms with Gasteiger partial charge in [0, 0.05) is 28.6 Å². The summed E-state index contributed by atoms with van der Waals surface area (Å²) in [6.07, 6.45) is 0.643. The predicted octanol–water partition coefficient (Wildman–Crippen LogP) is 3.70. The monoisotopic (exact) mass is 432 g/mol. The van der Waals surface area contributed by atoms with Crippen molar-refractivity contribution in [2.24, 2.45) is 5.92 Å². The van der Waals surface area contributed by atoms with Gasteiger partial charge in [-0.3, -0.25) is 14.4 Å². The number of aromatic nitrogens is 2. The fraction of sp³-hybridized carbons (Fsp3) is 0.280. The van der Waals surface area contributed by atoms with Crippen LogP contribution >= 0.6 is 0 Å². The van der Waals surface area contributed by atoms with Gasteiger partial charge in [0.1, 0.15) is 11.9 Å². The van der Waals surface area contributed by atoms with Crippen molar-refractivity contribution in [3.63, 3.8) is 0 Å². The normalized spacial score (nSPS) is 11.8. The van der Waals surface area contributed by atoms with E-state index in [0.29, 0.717) is 34.8 Å². The Balaban J connectivity index is 1.79. The molecule has 3 rings (SSSR count). The minimum atomic E-state index is -0.715. The second-order valence-electron chi connectivity index (χ2n) is 8.07. The molecule has 0 saturated carbocycles. The molecular formula is C25H28N4O3. The van der Waals surface area contributed by atoms with Crippen molar-refractivity contribution in [1.82, 2.24) is 15.3 Å². The standard InChI is InChI=1S/C25H28N4O3/c1-5-19-14-21(30)28-23(26-19)17-9-7-11-20(13-17)27-25(32)22(15(2)3)29-24(31)18-10-6-8-16(4)12-18/h6-15,22H,5H2,1-4H3,(H,27,32)(H,29,31)(H,26,28,30). The number of amides is 2. The number of hydrogen-bond acceptors (Lipinski definition) is 4. The van der Waals surface area contributed by atoms with E-state index in [-0.39, 0.29) is 23.3 Å². The lowest BCUT2D eigenvalue weighted by Gasteiger charge is -2.22. The second kappa shape index (κ2) is 10.0. The van der Waals surface area contributed by atoms with Gasteiger partial charge >= 0.3 is 0 Å². The fourth-order valence-electron chi connectivity index (χ4n) is 3.34. The minimum Gasteiger partial charge on any atom is -0.340 e. The van der Waals surface area contributed by atoms with Crippen LogP contribution in [0.1, 0.15) is 42.4 Å². The Bertz CT molecular complexity index is 1180. The van der Waals surface area contributed by atoms with E-state index in [1.165, 1.54) is 6.07 Å². The highest BCUT2D eigenvalue weighted by Crippen LogP contribution is 2.20. The van der Waals surface area contributed by atoms with Crippen LogP contribution in [0.15, 0.2) is 59.4 Å². The topological polar surface area (TPSA) is 104 Å². The summed E-state index contributed by atoms with van der Waals surface area (Å²) in [5, 5.41) is 5.71. The Morgan fingerprint density at radius 2 is 1.81 bits per heavy atom. The van der Waals surface area contributed by atoms with Crippen molar-refractivity contribution in [2.75, 3.05) is 5.32 Å². The number of carbonyl (C=O) groups is 2. The number of nitrogens with zero attached hydrogens (tertiary/aromatic N) is 1. The maximum atomic E-state index is 13.0. The molecule has 3 aromatic rings. The van der Waals surface area contributed by atoms with E-state index in [0.717, 1.165) is 5.56 Å². The van der Waals surface area contributed by atoms with Crippen molar-refractivity contribution >= 4 is 17.5 Å². The second-order valence-corrected chi connectivity index (χ2v) is 8.07. The first-order valence-corrected chi connectivity index (χ1v) is 10.7. The van der Waals surface area contributed by atoms with Gasteiger partial charge in [0.15, 0.2) is 0 Å². The Morgan fingerprint density at radius 3 is 2.50 bits per heavy atom. The lowest BCUT2D eigenvalue weighted by molar-refractivity contribution is -0.118. The summed E-state index contributed by atoms with van der Waals surface area (Å²) in [4.78, 5) is 44.8. The number of aromatic amines is 1. The maximum Gasteiger partial charge on any atom is 0.251 e. The average molecular weight is 433 g/mol. The molecule has 32 heavy (non-hydrogen) atoms. The van der Waals surface area contributed by atoms with E-state index < -0.39 is 6.04 Å². The van der Waals surface area contributed by atoms with Gasteiger partial charge < -0.3 is 15.6 Å². The molecule has 1 aromatic heterocycles. The van der Waals surface area contributed by atoms with Crippen LogP contribution < -0.4 is 16.2 Å². The number of H-pyrrole nitrogens is 1. The molecule has 1 unspecified atom stereocenters. The molecule has 0 aliphatic heterocycles. The quantitative estimate of drug-likeness (QED) is 0.529. The van der Waals surface area contributed by atoms with Gasteiger partial charge in [-0.05, 0) is 43.5 Å². The number of anilines is 1. The highest BCUT2D eigenvalue weighted by atomic mass is 16.2. The summed E-state index contributed by atoms with van der Waals surface area (Å²) in [5.41, 5.74) is 3.18. The number of hydrogen-bond donors (Lipinski definition) is 3. The molecule has 1 heterocycles. The summed E-state index contributed by atoms with van der Waals surface area (Å²) in [6, 6.07) is 15.1. The van der Waals surface area contributed by atoms with Gasteiger partial charge in [-0.25, -0.2) is 4.98 Å². The van der Waals surface area contributed by atoms with Crippen LogP contribution in [0.5, 0.6) is 0 Å². The van der Waals surface area contributed by atoms with Gasteiger partial charge in [-0.2, -0.15) is 0 Å². The van der Waals surface area contributed by atoms with Gasteiger partial charge in [0.05, 0.1) is 0 Å². The van der Waals surface area contributed by atoms with E-state index in [1.807, 2.05) is 45.9 Å². The Hall–Kier alpha value is -3.74. The zero-order valence-corrected chi connectivity index (χ0v) is 18.7. The van der Waals surface area contributed by atoms with Crippen molar-refractivity contribution < 1.29 is 9.59 Å². The molecule has 2 amide bonds. The van der Waals surface area contributed by atoms with Crippen LogP contribution in [-0.2, 0) is 11.2 Å². The number of nitrogens with one attached hydrogen (secondary N) is 3. The van der Waals surface area contributed by atoms with Crippen LogP contribution in [0, 0.1) is 12.8 Å². The highest BCUT2D eigenvalue weighted by molar-refractivity contribution is 6.01. The van der Waals surface area contributed by atoms with Crippen LogP contribution in [0.2, 0.25) is 0 Å². The SMILES string of the molecule is CCc1cc(=O)[nH]c(-c2cccc(NC(=O)C(NC(=O)c3cccc(C)c3)C(C)C)c2)n1. The molecule has 0 spiro atoms. The van der Waals surface area contributed by atoms with E-state index >= 15 is 0 Å². The molecular weight excluding hydrogens is 404 g/mol. The molecule has 7 heteroatoms. The van der Waals surface area contributed by atoms with Crippen molar-refractivity contribution in [2.45, 2.75) is 40.2 Å². The molecule has 0 aliphatic carbocycles. The average Bonchev–Trinajstić information content (AvgIpc) is 2.76. The third-order valence-corrected chi connectivity index (χ3v) is 5.08. The van der Waals surface area contributed by atoms with Gasteiger partial charge in [-0.1, -0.05) is 50.6 Å². The smallest absolute Gasteiger partial charge is 0.251 e. The summed E-state index contributed by atoms with van der Waals surface area (Å²) in [6.45, 7) is 7.60. The summed E-state index contributed by atoms with van der Waals surface area (Å²) in [5.74, 6) is -0.291. The first-order chi connectivity index (χ1) is 15.3. The molecule has 0 aliphatic rings. The first kappa shape index (κ1) is 22.9. The highest BCUT2D eigenvalue weighted by Gasteiger charge is 2.25. The Kier molecular flexibility index (Phi) is 7.20. The lowest BCUT2D eigenvalue weighted by Crippen LogP contribution is -2.47. The van der Waals surface area contributed by atoms with E-state index in [1.54, 1.807) is 30.3 Å². The zero-order valence-electron chi connectivity index (χ0n) is 18.7. The van der Waals surface area contributed by atoms with Gasteiger partial charge in [0.25, 0.3) is 11.5 Å². The molecule has 0 radical (unpaired) electrons. The molecule has 2 aromatic carbocycles. The zero-order chi connectivity index (χ0) is 23.3. The number of benzene rings is 2. The number of carbonyl (C=O) groups excluding carboxylic acids is 2. The van der Waals surface area contributed by atoms with Crippen molar-refractivity contribution in [3.8, 4) is 11.4 Å². The molecule has 0 fully saturated rings. The van der Waals surface area contributed by atoms with Gasteiger partial charge in [-0.15, -0.1) is 0 Å². The van der Waals surface area contributed by atoms with E-state index in [2.05, 4.69) is 20.6 Å². The van der Waals surface area contributed by atoms with Crippen LogP contribution in [-0.4, -0.2) is 27.8 Å². The Morgan fingerprint density at radius 1 is 1.06 bits per heavy atom. The molecule has 0 saturated heterocycles. The van der Waals surface area contributed by atoms with Crippen LogP contribution in [0.4, 0.5) is 5.69 Å². The van der Waals surface area contributed by atoms with E-state index in [9.17, 15) is 14.4 Å².